The molecular formula is C13H20N4. The molecule has 1 atom stereocenters. The van der Waals surface area contributed by atoms with Crippen LogP contribution in [0.4, 0.5) is 0 Å². The van der Waals surface area contributed by atoms with Gasteiger partial charge >= 0.3 is 0 Å². The largest absolute Gasteiger partial charge is 0.370 e. The Labute approximate surface area is 103 Å². The van der Waals surface area contributed by atoms with E-state index in [1.807, 2.05) is 11.0 Å². The lowest BCUT2D eigenvalue weighted by Gasteiger charge is -2.38. The molecule has 0 saturated carbocycles. The van der Waals surface area contributed by atoms with Crippen molar-refractivity contribution >= 4 is 5.96 Å². The number of hydrogen-bond acceptors (Lipinski definition) is 2. The van der Waals surface area contributed by atoms with E-state index in [0.29, 0.717) is 6.04 Å². The maximum absolute atomic E-state index is 7.41. The lowest BCUT2D eigenvalue weighted by molar-refractivity contribution is 0.139. The van der Waals surface area contributed by atoms with E-state index in [0.717, 1.165) is 26.2 Å². The van der Waals surface area contributed by atoms with Gasteiger partial charge in [0.25, 0.3) is 0 Å². The van der Waals surface area contributed by atoms with Crippen LogP contribution < -0.4 is 5.73 Å². The van der Waals surface area contributed by atoms with Crippen molar-refractivity contribution in [3.63, 3.8) is 0 Å². The SMILES string of the molecule is CC(c1ccccc1)N1CCN(C(=N)N)CC1. The molecule has 1 aromatic rings. The molecule has 0 spiro atoms. The second-order valence-electron chi connectivity index (χ2n) is 4.49. The Balaban J connectivity index is 1.95. The van der Waals surface area contributed by atoms with E-state index in [4.69, 9.17) is 11.1 Å². The summed E-state index contributed by atoms with van der Waals surface area (Å²) in [5, 5.41) is 7.41. The van der Waals surface area contributed by atoms with Gasteiger partial charge in [0.05, 0.1) is 0 Å². The molecule has 1 aliphatic heterocycles. The van der Waals surface area contributed by atoms with Gasteiger partial charge in [-0.05, 0) is 12.5 Å². The van der Waals surface area contributed by atoms with Crippen LogP contribution in [0.5, 0.6) is 0 Å². The van der Waals surface area contributed by atoms with Crippen molar-refractivity contribution in [2.75, 3.05) is 26.2 Å². The van der Waals surface area contributed by atoms with Gasteiger partial charge in [-0.1, -0.05) is 30.3 Å². The predicted octanol–water partition coefficient (Wildman–Crippen LogP) is 1.26. The fourth-order valence-electron chi connectivity index (χ4n) is 2.29. The maximum Gasteiger partial charge on any atom is 0.188 e. The topological polar surface area (TPSA) is 56.4 Å². The van der Waals surface area contributed by atoms with Gasteiger partial charge in [-0.25, -0.2) is 0 Å². The van der Waals surface area contributed by atoms with E-state index in [-0.39, 0.29) is 5.96 Å². The number of nitrogens with two attached hydrogens (primary N) is 1. The molecule has 92 valence electrons. The van der Waals surface area contributed by atoms with Crippen molar-refractivity contribution in [2.24, 2.45) is 5.73 Å². The summed E-state index contributed by atoms with van der Waals surface area (Å²) >= 11 is 0. The van der Waals surface area contributed by atoms with Crippen molar-refractivity contribution in [3.8, 4) is 0 Å². The summed E-state index contributed by atoms with van der Waals surface area (Å²) in [5.74, 6) is 0.192. The summed E-state index contributed by atoms with van der Waals surface area (Å²) in [6.45, 7) is 5.88. The molecule has 1 unspecified atom stereocenters. The Hall–Kier alpha value is -1.55. The van der Waals surface area contributed by atoms with Crippen LogP contribution in [-0.4, -0.2) is 41.9 Å². The first-order valence-electron chi connectivity index (χ1n) is 6.06. The van der Waals surface area contributed by atoms with Gasteiger partial charge in [-0.2, -0.15) is 0 Å². The summed E-state index contributed by atoms with van der Waals surface area (Å²) in [6, 6.07) is 11.0. The zero-order valence-corrected chi connectivity index (χ0v) is 10.3. The van der Waals surface area contributed by atoms with Crippen molar-refractivity contribution in [3.05, 3.63) is 35.9 Å². The first-order chi connectivity index (χ1) is 8.18. The van der Waals surface area contributed by atoms with Crippen LogP contribution in [0.3, 0.4) is 0 Å². The molecule has 1 saturated heterocycles. The zero-order chi connectivity index (χ0) is 12.3. The number of rotatable bonds is 2. The first kappa shape index (κ1) is 11.9. The minimum absolute atomic E-state index is 0.192. The van der Waals surface area contributed by atoms with Gasteiger partial charge in [0.15, 0.2) is 5.96 Å². The van der Waals surface area contributed by atoms with Crippen molar-refractivity contribution in [1.82, 2.24) is 9.80 Å². The van der Waals surface area contributed by atoms with Crippen molar-refractivity contribution in [1.29, 1.82) is 5.41 Å². The molecule has 1 aliphatic rings. The minimum Gasteiger partial charge on any atom is -0.370 e. The quantitative estimate of drug-likeness (QED) is 0.596. The third kappa shape index (κ3) is 2.77. The number of nitrogens with one attached hydrogen (secondary N) is 1. The van der Waals surface area contributed by atoms with Gasteiger partial charge in [-0.3, -0.25) is 10.3 Å². The Kier molecular flexibility index (Phi) is 3.64. The summed E-state index contributed by atoms with van der Waals surface area (Å²) in [6.07, 6.45) is 0. The summed E-state index contributed by atoms with van der Waals surface area (Å²) in [5.41, 5.74) is 6.84. The van der Waals surface area contributed by atoms with Crippen LogP contribution in [0.1, 0.15) is 18.5 Å². The maximum atomic E-state index is 7.41. The Morgan fingerprint density at radius 2 is 1.76 bits per heavy atom. The highest BCUT2D eigenvalue weighted by Gasteiger charge is 2.22. The van der Waals surface area contributed by atoms with E-state index >= 15 is 0 Å². The molecular weight excluding hydrogens is 212 g/mol. The molecule has 0 bridgehead atoms. The van der Waals surface area contributed by atoms with E-state index in [9.17, 15) is 0 Å². The summed E-state index contributed by atoms with van der Waals surface area (Å²) in [7, 11) is 0. The molecule has 1 heterocycles. The normalized spacial score (nSPS) is 19.0. The third-order valence-electron chi connectivity index (χ3n) is 3.48. The number of nitrogens with zero attached hydrogens (tertiary/aromatic N) is 2. The van der Waals surface area contributed by atoms with E-state index in [2.05, 4.69) is 36.1 Å². The Bertz CT molecular complexity index is 368. The molecule has 1 fully saturated rings. The minimum atomic E-state index is 0.192. The monoisotopic (exact) mass is 232 g/mol. The molecule has 3 N–H and O–H groups in total. The van der Waals surface area contributed by atoms with Gasteiger partial charge in [0.2, 0.25) is 0 Å². The van der Waals surface area contributed by atoms with Crippen molar-refractivity contribution in [2.45, 2.75) is 13.0 Å². The fourth-order valence-corrected chi connectivity index (χ4v) is 2.29. The average molecular weight is 232 g/mol. The summed E-state index contributed by atoms with van der Waals surface area (Å²) < 4.78 is 0. The lowest BCUT2D eigenvalue weighted by Crippen LogP contribution is -2.51. The highest BCUT2D eigenvalue weighted by molar-refractivity contribution is 5.74. The smallest absolute Gasteiger partial charge is 0.188 e. The number of piperazine rings is 1. The van der Waals surface area contributed by atoms with Crippen LogP contribution in [0.25, 0.3) is 0 Å². The Morgan fingerprint density at radius 3 is 2.29 bits per heavy atom. The highest BCUT2D eigenvalue weighted by atomic mass is 15.3. The van der Waals surface area contributed by atoms with Crippen LogP contribution in [-0.2, 0) is 0 Å². The molecule has 0 aliphatic carbocycles. The van der Waals surface area contributed by atoms with Gasteiger partial charge < -0.3 is 10.6 Å². The molecule has 17 heavy (non-hydrogen) atoms. The number of guanidine groups is 1. The molecule has 2 rings (SSSR count). The van der Waals surface area contributed by atoms with Gasteiger partial charge in [-0.15, -0.1) is 0 Å². The van der Waals surface area contributed by atoms with Crippen LogP contribution in [0, 0.1) is 5.41 Å². The molecule has 4 heteroatoms. The van der Waals surface area contributed by atoms with Crippen LogP contribution >= 0.6 is 0 Å². The molecule has 4 nitrogen and oxygen atoms in total. The van der Waals surface area contributed by atoms with E-state index in [1.165, 1.54) is 5.56 Å². The third-order valence-corrected chi connectivity index (χ3v) is 3.48. The van der Waals surface area contributed by atoms with E-state index < -0.39 is 0 Å². The predicted molar refractivity (Wildman–Crippen MR) is 69.9 cm³/mol. The van der Waals surface area contributed by atoms with Gasteiger partial charge in [0, 0.05) is 32.2 Å². The second-order valence-corrected chi connectivity index (χ2v) is 4.49. The highest BCUT2D eigenvalue weighted by Crippen LogP contribution is 2.20. The average Bonchev–Trinajstić information content (AvgIpc) is 2.39. The fraction of sp³-hybridized carbons (Fsp3) is 0.462. The Morgan fingerprint density at radius 1 is 1.18 bits per heavy atom. The second kappa shape index (κ2) is 5.19. The molecule has 1 aromatic carbocycles. The number of hydrogen-bond donors (Lipinski definition) is 2. The number of benzene rings is 1. The molecule has 0 aromatic heterocycles. The van der Waals surface area contributed by atoms with Gasteiger partial charge in [0.1, 0.15) is 0 Å². The molecule has 0 amide bonds. The van der Waals surface area contributed by atoms with Crippen LogP contribution in [0.2, 0.25) is 0 Å². The lowest BCUT2D eigenvalue weighted by atomic mass is 10.1. The summed E-state index contributed by atoms with van der Waals surface area (Å²) in [4.78, 5) is 4.36. The first-order valence-corrected chi connectivity index (χ1v) is 6.06. The zero-order valence-electron chi connectivity index (χ0n) is 10.3. The van der Waals surface area contributed by atoms with E-state index in [1.54, 1.807) is 0 Å². The molecule has 0 radical (unpaired) electrons. The standard InChI is InChI=1S/C13H20N4/c1-11(12-5-3-2-4-6-12)16-7-9-17(10-8-16)13(14)15/h2-6,11H,7-10H2,1H3,(H3,14,15). The van der Waals surface area contributed by atoms with Crippen LogP contribution in [0.15, 0.2) is 30.3 Å². The van der Waals surface area contributed by atoms with Crippen molar-refractivity contribution < 1.29 is 0 Å².